The van der Waals surface area contributed by atoms with Crippen LogP contribution in [0, 0.1) is 0 Å². The van der Waals surface area contributed by atoms with E-state index < -0.39 is 6.10 Å². The number of fused-ring (bicyclic) bond motifs is 1. The fourth-order valence-electron chi connectivity index (χ4n) is 2.39. The van der Waals surface area contributed by atoms with Crippen LogP contribution in [0.1, 0.15) is 40.0 Å². The van der Waals surface area contributed by atoms with Crippen molar-refractivity contribution in [3.05, 3.63) is 18.2 Å². The van der Waals surface area contributed by atoms with Gasteiger partial charge in [-0.15, -0.1) is 0 Å². The summed E-state index contributed by atoms with van der Waals surface area (Å²) in [7, 11) is 0. The highest BCUT2D eigenvalue weighted by Crippen LogP contribution is 2.36. The standard InChI is InChI=1S/C16H22N2O3/c1-4-6-15(19)17-12-7-8-14-13(10-12)18(9-5-2)16(20)11(3)21-14/h7-8,10-11H,4-6,9H2,1-3H3,(H,17,19). The lowest BCUT2D eigenvalue weighted by atomic mass is 10.1. The normalized spacial score (nSPS) is 17.2. The Morgan fingerprint density at radius 2 is 2.10 bits per heavy atom. The van der Waals surface area contributed by atoms with E-state index in [2.05, 4.69) is 5.32 Å². The first-order valence-electron chi connectivity index (χ1n) is 7.48. The Kier molecular flexibility index (Phi) is 4.83. The van der Waals surface area contributed by atoms with Gasteiger partial charge in [-0.25, -0.2) is 0 Å². The highest BCUT2D eigenvalue weighted by molar-refractivity contribution is 6.01. The topological polar surface area (TPSA) is 58.6 Å². The van der Waals surface area contributed by atoms with Gasteiger partial charge in [0.15, 0.2) is 6.10 Å². The summed E-state index contributed by atoms with van der Waals surface area (Å²) in [5.41, 5.74) is 1.42. The Morgan fingerprint density at radius 3 is 2.76 bits per heavy atom. The van der Waals surface area contributed by atoms with Gasteiger partial charge in [0.25, 0.3) is 5.91 Å². The number of nitrogens with zero attached hydrogens (tertiary/aromatic N) is 1. The van der Waals surface area contributed by atoms with Crippen LogP contribution in [0.4, 0.5) is 11.4 Å². The van der Waals surface area contributed by atoms with Crippen molar-refractivity contribution in [1.82, 2.24) is 0 Å². The lowest BCUT2D eigenvalue weighted by Gasteiger charge is -2.33. The summed E-state index contributed by atoms with van der Waals surface area (Å²) in [6.45, 7) is 6.39. The van der Waals surface area contributed by atoms with Crippen LogP contribution in [0.5, 0.6) is 5.75 Å². The van der Waals surface area contributed by atoms with Crippen molar-refractivity contribution >= 4 is 23.2 Å². The molecule has 1 aromatic carbocycles. The van der Waals surface area contributed by atoms with E-state index >= 15 is 0 Å². The van der Waals surface area contributed by atoms with E-state index in [1.807, 2.05) is 26.0 Å². The van der Waals surface area contributed by atoms with E-state index in [-0.39, 0.29) is 11.8 Å². The van der Waals surface area contributed by atoms with Gasteiger partial charge in [-0.05, 0) is 38.0 Å². The van der Waals surface area contributed by atoms with Gasteiger partial charge in [0.1, 0.15) is 5.75 Å². The maximum Gasteiger partial charge on any atom is 0.267 e. The summed E-state index contributed by atoms with van der Waals surface area (Å²) in [6, 6.07) is 5.42. The van der Waals surface area contributed by atoms with Crippen LogP contribution in [-0.4, -0.2) is 24.5 Å². The molecule has 5 nitrogen and oxygen atoms in total. The second-order valence-corrected chi connectivity index (χ2v) is 5.23. The average molecular weight is 290 g/mol. The molecule has 0 radical (unpaired) electrons. The zero-order valence-corrected chi connectivity index (χ0v) is 12.8. The number of carbonyl (C=O) groups is 2. The number of benzene rings is 1. The van der Waals surface area contributed by atoms with Crippen molar-refractivity contribution in [2.45, 2.75) is 46.1 Å². The summed E-state index contributed by atoms with van der Waals surface area (Å²) < 4.78 is 5.62. The molecular formula is C16H22N2O3. The SMILES string of the molecule is CCCC(=O)Nc1ccc2c(c1)N(CCC)C(=O)C(C)O2. The number of anilines is 2. The van der Waals surface area contributed by atoms with E-state index in [0.29, 0.717) is 24.4 Å². The molecule has 21 heavy (non-hydrogen) atoms. The first-order chi connectivity index (χ1) is 10.1. The minimum atomic E-state index is -0.468. The van der Waals surface area contributed by atoms with E-state index in [1.165, 1.54) is 0 Å². The maximum atomic E-state index is 12.2. The van der Waals surface area contributed by atoms with Gasteiger partial charge in [-0.2, -0.15) is 0 Å². The lowest BCUT2D eigenvalue weighted by Crippen LogP contribution is -2.44. The Hall–Kier alpha value is -2.04. The number of nitrogens with one attached hydrogen (secondary N) is 1. The molecule has 1 heterocycles. The molecule has 0 fully saturated rings. The number of hydrogen-bond donors (Lipinski definition) is 1. The van der Waals surface area contributed by atoms with Gasteiger partial charge in [0.2, 0.25) is 5.91 Å². The first kappa shape index (κ1) is 15.4. The average Bonchev–Trinajstić information content (AvgIpc) is 2.45. The third-order valence-electron chi connectivity index (χ3n) is 3.38. The van der Waals surface area contributed by atoms with Crippen LogP contribution >= 0.6 is 0 Å². The predicted molar refractivity (Wildman–Crippen MR) is 82.7 cm³/mol. The number of rotatable bonds is 5. The minimum absolute atomic E-state index is 0.0177. The fraction of sp³-hybridized carbons (Fsp3) is 0.500. The molecule has 1 unspecified atom stereocenters. The number of hydrogen-bond acceptors (Lipinski definition) is 3. The summed E-state index contributed by atoms with van der Waals surface area (Å²) in [5.74, 6) is 0.626. The summed E-state index contributed by atoms with van der Waals surface area (Å²) in [4.78, 5) is 25.6. The Bertz CT molecular complexity index is 542. The van der Waals surface area contributed by atoms with Crippen molar-refractivity contribution in [3.8, 4) is 5.75 Å². The smallest absolute Gasteiger partial charge is 0.267 e. The third kappa shape index (κ3) is 3.35. The van der Waals surface area contributed by atoms with E-state index in [1.54, 1.807) is 17.9 Å². The Labute approximate surface area is 125 Å². The highest BCUT2D eigenvalue weighted by Gasteiger charge is 2.31. The highest BCUT2D eigenvalue weighted by atomic mass is 16.5. The molecule has 0 spiro atoms. The second-order valence-electron chi connectivity index (χ2n) is 5.23. The van der Waals surface area contributed by atoms with E-state index in [4.69, 9.17) is 4.74 Å². The van der Waals surface area contributed by atoms with Crippen LogP contribution in [0.3, 0.4) is 0 Å². The number of amides is 2. The van der Waals surface area contributed by atoms with Gasteiger partial charge < -0.3 is 15.0 Å². The molecule has 1 aliphatic rings. The van der Waals surface area contributed by atoms with Crippen LogP contribution in [0.15, 0.2) is 18.2 Å². The molecule has 2 rings (SSSR count). The van der Waals surface area contributed by atoms with Crippen molar-refractivity contribution < 1.29 is 14.3 Å². The maximum absolute atomic E-state index is 12.2. The Balaban J connectivity index is 2.28. The molecule has 5 heteroatoms. The first-order valence-corrected chi connectivity index (χ1v) is 7.48. The Morgan fingerprint density at radius 1 is 1.33 bits per heavy atom. The quantitative estimate of drug-likeness (QED) is 0.907. The van der Waals surface area contributed by atoms with E-state index in [0.717, 1.165) is 18.5 Å². The summed E-state index contributed by atoms with van der Waals surface area (Å²) >= 11 is 0. The van der Waals surface area contributed by atoms with Crippen molar-refractivity contribution in [1.29, 1.82) is 0 Å². The molecule has 1 N–H and O–H groups in total. The van der Waals surface area contributed by atoms with E-state index in [9.17, 15) is 9.59 Å². The molecular weight excluding hydrogens is 268 g/mol. The van der Waals surface area contributed by atoms with Gasteiger partial charge in [0, 0.05) is 18.7 Å². The largest absolute Gasteiger partial charge is 0.479 e. The molecule has 1 aliphatic heterocycles. The molecule has 114 valence electrons. The number of ether oxygens (including phenoxy) is 1. The van der Waals surface area contributed by atoms with Gasteiger partial charge in [-0.3, -0.25) is 9.59 Å². The molecule has 0 bridgehead atoms. The number of carbonyl (C=O) groups excluding carboxylic acids is 2. The van der Waals surface area contributed by atoms with Gasteiger partial charge in [0.05, 0.1) is 5.69 Å². The zero-order chi connectivity index (χ0) is 15.4. The molecule has 0 aliphatic carbocycles. The van der Waals surface area contributed by atoms with Crippen LogP contribution in [0.2, 0.25) is 0 Å². The third-order valence-corrected chi connectivity index (χ3v) is 3.38. The van der Waals surface area contributed by atoms with Gasteiger partial charge in [-0.1, -0.05) is 13.8 Å². The molecule has 0 saturated heterocycles. The van der Waals surface area contributed by atoms with Crippen LogP contribution < -0.4 is 15.0 Å². The fourth-order valence-corrected chi connectivity index (χ4v) is 2.39. The summed E-state index contributed by atoms with van der Waals surface area (Å²) in [5, 5.41) is 2.85. The molecule has 0 aromatic heterocycles. The van der Waals surface area contributed by atoms with Gasteiger partial charge >= 0.3 is 0 Å². The van der Waals surface area contributed by atoms with Crippen molar-refractivity contribution in [3.63, 3.8) is 0 Å². The van der Waals surface area contributed by atoms with Crippen molar-refractivity contribution in [2.24, 2.45) is 0 Å². The molecule has 0 saturated carbocycles. The minimum Gasteiger partial charge on any atom is -0.479 e. The zero-order valence-electron chi connectivity index (χ0n) is 12.8. The second kappa shape index (κ2) is 6.61. The van der Waals surface area contributed by atoms with Crippen LogP contribution in [0.25, 0.3) is 0 Å². The predicted octanol–water partition coefficient (Wildman–Crippen LogP) is 2.95. The molecule has 1 aromatic rings. The lowest BCUT2D eigenvalue weighted by molar-refractivity contribution is -0.125. The van der Waals surface area contributed by atoms with Crippen molar-refractivity contribution in [2.75, 3.05) is 16.8 Å². The van der Waals surface area contributed by atoms with Crippen LogP contribution in [-0.2, 0) is 9.59 Å². The molecule has 1 atom stereocenters. The monoisotopic (exact) mass is 290 g/mol. The summed E-state index contributed by atoms with van der Waals surface area (Å²) in [6.07, 6.45) is 1.69. The molecule has 2 amide bonds.